The zero-order valence-corrected chi connectivity index (χ0v) is 10.2. The van der Waals surface area contributed by atoms with Gasteiger partial charge in [-0.1, -0.05) is 13.3 Å². The molecular weight excluding hydrogens is 172 g/mol. The lowest BCUT2D eigenvalue weighted by atomic mass is 9.93. The molecule has 84 valence electrons. The van der Waals surface area contributed by atoms with E-state index in [1.807, 2.05) is 0 Å². The molecular formula is C12H26N2. The van der Waals surface area contributed by atoms with E-state index in [9.17, 15) is 0 Å². The summed E-state index contributed by atoms with van der Waals surface area (Å²) in [6, 6.07) is 1.28. The molecule has 0 aliphatic carbocycles. The fourth-order valence-electron chi connectivity index (χ4n) is 2.33. The van der Waals surface area contributed by atoms with Crippen LogP contribution in [0.2, 0.25) is 0 Å². The van der Waals surface area contributed by atoms with Crippen LogP contribution in [-0.2, 0) is 0 Å². The maximum absolute atomic E-state index is 3.35. The minimum absolute atomic E-state index is 0.605. The van der Waals surface area contributed by atoms with E-state index in [1.54, 1.807) is 0 Å². The minimum atomic E-state index is 0.605. The molecule has 0 saturated carbocycles. The molecule has 1 heterocycles. The molecule has 0 aromatic rings. The van der Waals surface area contributed by atoms with Gasteiger partial charge in [-0.25, -0.2) is 0 Å². The van der Waals surface area contributed by atoms with Crippen molar-refractivity contribution >= 4 is 0 Å². The van der Waals surface area contributed by atoms with Gasteiger partial charge in [0.2, 0.25) is 0 Å². The van der Waals surface area contributed by atoms with Crippen LogP contribution in [0.5, 0.6) is 0 Å². The van der Waals surface area contributed by atoms with Gasteiger partial charge in [-0.05, 0) is 52.7 Å². The average molecular weight is 198 g/mol. The summed E-state index contributed by atoms with van der Waals surface area (Å²) in [5.74, 6) is 0.989. The molecule has 1 rings (SSSR count). The van der Waals surface area contributed by atoms with Crippen LogP contribution in [0.1, 0.15) is 40.0 Å². The Labute approximate surface area is 89.1 Å². The van der Waals surface area contributed by atoms with Gasteiger partial charge < -0.3 is 5.32 Å². The van der Waals surface area contributed by atoms with E-state index in [1.165, 1.54) is 32.4 Å². The number of hydrogen-bond acceptors (Lipinski definition) is 2. The van der Waals surface area contributed by atoms with Gasteiger partial charge in [-0.3, -0.25) is 4.90 Å². The lowest BCUT2D eigenvalue weighted by molar-refractivity contribution is 0.120. The van der Waals surface area contributed by atoms with Gasteiger partial charge in [-0.15, -0.1) is 0 Å². The molecule has 0 bridgehead atoms. The van der Waals surface area contributed by atoms with Crippen molar-refractivity contribution in [3.63, 3.8) is 0 Å². The first-order valence-corrected chi connectivity index (χ1v) is 6.10. The van der Waals surface area contributed by atoms with E-state index >= 15 is 0 Å². The molecule has 1 N–H and O–H groups in total. The van der Waals surface area contributed by atoms with Gasteiger partial charge in [0.05, 0.1) is 0 Å². The van der Waals surface area contributed by atoms with Crippen LogP contribution in [0.25, 0.3) is 0 Å². The second-order valence-corrected chi connectivity index (χ2v) is 4.71. The molecule has 2 nitrogen and oxygen atoms in total. The zero-order chi connectivity index (χ0) is 10.6. The van der Waals surface area contributed by atoms with E-state index in [2.05, 4.69) is 38.0 Å². The number of likely N-dealkylation sites (tertiary alicyclic amines) is 1. The highest BCUT2D eigenvalue weighted by atomic mass is 15.2. The summed E-state index contributed by atoms with van der Waals surface area (Å²) in [6.07, 6.45) is 4.17. The molecule has 2 atom stereocenters. The first kappa shape index (κ1) is 12.0. The minimum Gasteiger partial charge on any atom is -0.316 e. The third-order valence-corrected chi connectivity index (χ3v) is 3.98. The Kier molecular flexibility index (Phi) is 4.90. The first-order chi connectivity index (χ1) is 6.69. The first-order valence-electron chi connectivity index (χ1n) is 6.10. The van der Waals surface area contributed by atoms with Gasteiger partial charge in [0.25, 0.3) is 0 Å². The molecule has 14 heavy (non-hydrogen) atoms. The molecule has 1 aliphatic rings. The Morgan fingerprint density at radius 2 is 1.86 bits per heavy atom. The summed E-state index contributed by atoms with van der Waals surface area (Å²) in [5.41, 5.74) is 0. The van der Waals surface area contributed by atoms with Crippen molar-refractivity contribution in [2.75, 3.05) is 20.1 Å². The summed E-state index contributed by atoms with van der Waals surface area (Å²) < 4.78 is 0. The van der Waals surface area contributed by atoms with E-state index in [4.69, 9.17) is 0 Å². The molecule has 1 fully saturated rings. The Morgan fingerprint density at radius 3 is 2.29 bits per heavy atom. The molecule has 2 unspecified atom stereocenters. The second kappa shape index (κ2) is 5.72. The maximum Gasteiger partial charge on any atom is 0.0218 e. The number of hydrogen-bond donors (Lipinski definition) is 1. The summed E-state index contributed by atoms with van der Waals surface area (Å²) >= 11 is 0. The van der Waals surface area contributed by atoms with E-state index in [0.717, 1.165) is 5.92 Å². The predicted molar refractivity (Wildman–Crippen MR) is 62.6 cm³/mol. The summed E-state index contributed by atoms with van der Waals surface area (Å²) in [5, 5.41) is 3.35. The van der Waals surface area contributed by atoms with Crippen molar-refractivity contribution in [2.24, 2.45) is 5.92 Å². The van der Waals surface area contributed by atoms with Crippen molar-refractivity contribution in [3.8, 4) is 0 Å². The number of likely N-dealkylation sites (N-methyl/N-ethyl adjacent to an activating group) is 1. The molecule has 1 saturated heterocycles. The lowest BCUT2D eigenvalue weighted by Gasteiger charge is -2.38. The van der Waals surface area contributed by atoms with E-state index < -0.39 is 0 Å². The van der Waals surface area contributed by atoms with Crippen molar-refractivity contribution in [1.82, 2.24) is 10.2 Å². The van der Waals surface area contributed by atoms with E-state index in [-0.39, 0.29) is 0 Å². The SMILES string of the molecule is CCC1CCN(C(C)C(C)NC)CC1. The van der Waals surface area contributed by atoms with Crippen LogP contribution in [-0.4, -0.2) is 37.1 Å². The Balaban J connectivity index is 2.33. The maximum atomic E-state index is 3.35. The normalized spacial score (nSPS) is 24.9. The molecule has 0 spiro atoms. The van der Waals surface area contributed by atoms with Crippen molar-refractivity contribution in [3.05, 3.63) is 0 Å². The molecule has 0 radical (unpaired) electrons. The third kappa shape index (κ3) is 2.96. The topological polar surface area (TPSA) is 15.3 Å². The quantitative estimate of drug-likeness (QED) is 0.744. The molecule has 0 amide bonds. The van der Waals surface area contributed by atoms with Gasteiger partial charge in [0.1, 0.15) is 0 Å². The fourth-order valence-corrected chi connectivity index (χ4v) is 2.33. The monoisotopic (exact) mass is 198 g/mol. The van der Waals surface area contributed by atoms with Gasteiger partial charge in [0, 0.05) is 12.1 Å². The zero-order valence-electron chi connectivity index (χ0n) is 10.2. The van der Waals surface area contributed by atoms with Crippen LogP contribution in [0.15, 0.2) is 0 Å². The summed E-state index contributed by atoms with van der Waals surface area (Å²) in [4.78, 5) is 2.63. The predicted octanol–water partition coefficient (Wildman–Crippen LogP) is 2.10. The molecule has 0 aromatic carbocycles. The summed E-state index contributed by atoms with van der Waals surface area (Å²) in [6.45, 7) is 9.53. The van der Waals surface area contributed by atoms with Gasteiger partial charge >= 0.3 is 0 Å². The second-order valence-electron chi connectivity index (χ2n) is 4.71. The highest BCUT2D eigenvalue weighted by Gasteiger charge is 2.23. The average Bonchev–Trinajstić information content (AvgIpc) is 2.27. The number of rotatable bonds is 4. The Morgan fingerprint density at radius 1 is 1.29 bits per heavy atom. The largest absolute Gasteiger partial charge is 0.316 e. The Bertz CT molecular complexity index is 150. The Hall–Kier alpha value is -0.0800. The molecule has 2 heteroatoms. The highest BCUT2D eigenvalue weighted by molar-refractivity contribution is 4.80. The van der Waals surface area contributed by atoms with Gasteiger partial charge in [0.15, 0.2) is 0 Å². The van der Waals surface area contributed by atoms with Crippen molar-refractivity contribution in [1.29, 1.82) is 0 Å². The number of nitrogens with zero attached hydrogens (tertiary/aromatic N) is 1. The van der Waals surface area contributed by atoms with Crippen molar-refractivity contribution in [2.45, 2.75) is 52.1 Å². The van der Waals surface area contributed by atoms with Crippen LogP contribution < -0.4 is 5.32 Å². The fraction of sp³-hybridized carbons (Fsp3) is 1.00. The molecule has 1 aliphatic heterocycles. The van der Waals surface area contributed by atoms with Crippen LogP contribution >= 0.6 is 0 Å². The lowest BCUT2D eigenvalue weighted by Crippen LogP contribution is -2.48. The standard InChI is InChI=1S/C12H26N2/c1-5-12-6-8-14(9-7-12)11(3)10(2)13-4/h10-13H,5-9H2,1-4H3. The summed E-state index contributed by atoms with van der Waals surface area (Å²) in [7, 11) is 2.06. The smallest absolute Gasteiger partial charge is 0.0218 e. The van der Waals surface area contributed by atoms with Crippen LogP contribution in [0, 0.1) is 5.92 Å². The number of nitrogens with one attached hydrogen (secondary N) is 1. The molecule has 0 aromatic heterocycles. The third-order valence-electron chi connectivity index (χ3n) is 3.98. The van der Waals surface area contributed by atoms with Crippen LogP contribution in [0.4, 0.5) is 0 Å². The van der Waals surface area contributed by atoms with E-state index in [0.29, 0.717) is 12.1 Å². The van der Waals surface area contributed by atoms with Crippen LogP contribution in [0.3, 0.4) is 0 Å². The van der Waals surface area contributed by atoms with Crippen molar-refractivity contribution < 1.29 is 0 Å². The number of piperidine rings is 1. The van der Waals surface area contributed by atoms with Gasteiger partial charge in [-0.2, -0.15) is 0 Å². The highest BCUT2D eigenvalue weighted by Crippen LogP contribution is 2.21.